The summed E-state index contributed by atoms with van der Waals surface area (Å²) in [4.78, 5) is 48.4. The quantitative estimate of drug-likeness (QED) is 0.111. The minimum absolute atomic E-state index is 0.0699. The third kappa shape index (κ3) is 8.08. The lowest BCUT2D eigenvalue weighted by molar-refractivity contribution is -0.124. The molecule has 0 spiro atoms. The highest BCUT2D eigenvalue weighted by Gasteiger charge is 2.16. The number of nitrogens with zero attached hydrogens (tertiary/aromatic N) is 1. The molecular weight excluding hydrogens is 440 g/mol. The van der Waals surface area contributed by atoms with Crippen molar-refractivity contribution in [2.45, 2.75) is 45.2 Å². The molecule has 1 aromatic carbocycles. The average Bonchev–Trinajstić information content (AvgIpc) is 2.78. The molecule has 1 aromatic heterocycles. The van der Waals surface area contributed by atoms with Gasteiger partial charge >= 0.3 is 0 Å². The van der Waals surface area contributed by atoms with E-state index in [9.17, 15) is 24.3 Å². The smallest absolute Gasteiger partial charge is 0.275 e. The number of carbonyl (C=O) groups is 3. The number of benzene rings is 1. The van der Waals surface area contributed by atoms with Crippen LogP contribution in [0.1, 0.15) is 30.9 Å². The average molecular weight is 471 g/mol. The van der Waals surface area contributed by atoms with Crippen LogP contribution in [-0.4, -0.2) is 46.3 Å². The Balaban J connectivity index is 2.09. The molecule has 1 atom stereocenters. The number of anilines is 1. The Labute approximate surface area is 196 Å². The number of aldehydes is 1. The number of rotatable bonds is 12. The standard InChI is InChI=1S/C23H30N6O5/c1-15(31)27-21-17(9-8-16-5-2-3-7-19(16)32)10-12-29(22(21)34)13-20(33)28-18(14-30)6-4-11-26-23(24)25/h2-3,5,7,10,12,14,18,32H,4,6,8-9,11,13H2,1H3,(H,27,31)(H,28,33)(H4,24,25,26)/t18-/m0/s1. The van der Waals surface area contributed by atoms with Gasteiger partial charge in [0.2, 0.25) is 11.8 Å². The first kappa shape index (κ1) is 26.1. The first-order chi connectivity index (χ1) is 16.2. The lowest BCUT2D eigenvalue weighted by Gasteiger charge is -2.16. The zero-order valence-electron chi connectivity index (χ0n) is 19.0. The molecule has 182 valence electrons. The van der Waals surface area contributed by atoms with Gasteiger partial charge in [0, 0.05) is 19.7 Å². The van der Waals surface area contributed by atoms with Crippen LogP contribution >= 0.6 is 0 Å². The summed E-state index contributed by atoms with van der Waals surface area (Å²) in [5, 5.41) is 24.8. The summed E-state index contributed by atoms with van der Waals surface area (Å²) in [6, 6.07) is 7.76. The summed E-state index contributed by atoms with van der Waals surface area (Å²) in [5.41, 5.74) is 6.00. The van der Waals surface area contributed by atoms with Gasteiger partial charge in [-0.25, -0.2) is 0 Å². The van der Waals surface area contributed by atoms with E-state index in [0.717, 1.165) is 4.57 Å². The molecule has 2 amide bonds. The normalized spacial score (nSPS) is 11.3. The van der Waals surface area contributed by atoms with Crippen LogP contribution < -0.4 is 27.2 Å². The largest absolute Gasteiger partial charge is 0.508 e. The zero-order valence-corrected chi connectivity index (χ0v) is 19.0. The van der Waals surface area contributed by atoms with Gasteiger partial charge in [-0.1, -0.05) is 18.2 Å². The van der Waals surface area contributed by atoms with E-state index in [1.165, 1.54) is 13.1 Å². The Morgan fingerprint density at radius 1 is 1.21 bits per heavy atom. The maximum absolute atomic E-state index is 13.0. The molecule has 1 heterocycles. The molecule has 2 aromatic rings. The Hall–Kier alpha value is -4.15. The number of aromatic hydroxyl groups is 1. The van der Waals surface area contributed by atoms with Crippen LogP contribution in [0.3, 0.4) is 0 Å². The maximum Gasteiger partial charge on any atom is 0.275 e. The molecule has 2 rings (SSSR count). The summed E-state index contributed by atoms with van der Waals surface area (Å²) >= 11 is 0. The van der Waals surface area contributed by atoms with Crippen LogP contribution in [0.2, 0.25) is 0 Å². The zero-order chi connectivity index (χ0) is 25.1. The van der Waals surface area contributed by atoms with E-state index < -0.39 is 23.4 Å². The molecule has 0 aliphatic rings. The van der Waals surface area contributed by atoms with Gasteiger partial charge in [-0.15, -0.1) is 0 Å². The van der Waals surface area contributed by atoms with E-state index in [-0.39, 0.29) is 23.9 Å². The van der Waals surface area contributed by atoms with E-state index in [1.54, 1.807) is 30.3 Å². The highest BCUT2D eigenvalue weighted by molar-refractivity contribution is 5.89. The van der Waals surface area contributed by atoms with Crippen LogP contribution in [0.25, 0.3) is 0 Å². The number of phenols is 1. The highest BCUT2D eigenvalue weighted by Crippen LogP contribution is 2.20. The molecule has 34 heavy (non-hydrogen) atoms. The van der Waals surface area contributed by atoms with Crippen molar-refractivity contribution in [3.8, 4) is 5.75 Å². The minimum atomic E-state index is -0.746. The second kappa shape index (κ2) is 12.8. The minimum Gasteiger partial charge on any atom is -0.508 e. The Morgan fingerprint density at radius 3 is 2.56 bits per heavy atom. The summed E-state index contributed by atoms with van der Waals surface area (Å²) in [6.45, 7) is 1.34. The molecule has 0 saturated carbocycles. The maximum atomic E-state index is 13.0. The molecule has 0 fully saturated rings. The molecule has 0 bridgehead atoms. The number of para-hydroxylation sites is 1. The van der Waals surface area contributed by atoms with Crippen molar-refractivity contribution < 1.29 is 19.5 Å². The van der Waals surface area contributed by atoms with Crippen molar-refractivity contribution in [1.29, 1.82) is 5.41 Å². The molecule has 11 nitrogen and oxygen atoms in total. The van der Waals surface area contributed by atoms with E-state index in [4.69, 9.17) is 11.1 Å². The monoisotopic (exact) mass is 470 g/mol. The third-order valence-electron chi connectivity index (χ3n) is 5.04. The van der Waals surface area contributed by atoms with Crippen LogP contribution in [-0.2, 0) is 33.8 Å². The molecule has 0 radical (unpaired) electrons. The van der Waals surface area contributed by atoms with E-state index in [0.29, 0.717) is 49.6 Å². The van der Waals surface area contributed by atoms with Crippen molar-refractivity contribution in [3.05, 3.63) is 58.0 Å². The van der Waals surface area contributed by atoms with E-state index in [1.807, 2.05) is 0 Å². The fraction of sp³-hybridized carbons (Fsp3) is 0.348. The second-order valence-electron chi connectivity index (χ2n) is 7.75. The van der Waals surface area contributed by atoms with Gasteiger partial charge in [0.05, 0.1) is 6.04 Å². The number of aromatic nitrogens is 1. The Bertz CT molecular complexity index is 1100. The number of nitrogens with one attached hydrogen (secondary N) is 4. The predicted molar refractivity (Wildman–Crippen MR) is 128 cm³/mol. The van der Waals surface area contributed by atoms with Crippen LogP contribution in [0.5, 0.6) is 5.75 Å². The predicted octanol–water partition coefficient (Wildman–Crippen LogP) is 0.244. The summed E-state index contributed by atoms with van der Waals surface area (Å²) in [6.07, 6.45) is 3.74. The van der Waals surface area contributed by atoms with Gasteiger partial charge in [-0.2, -0.15) is 0 Å². The summed E-state index contributed by atoms with van der Waals surface area (Å²) in [7, 11) is 0. The topological polar surface area (TPSA) is 179 Å². The first-order valence-corrected chi connectivity index (χ1v) is 10.8. The first-order valence-electron chi connectivity index (χ1n) is 10.8. The molecule has 0 saturated heterocycles. The summed E-state index contributed by atoms with van der Waals surface area (Å²) in [5.74, 6) is -0.988. The molecule has 0 aliphatic carbocycles. The highest BCUT2D eigenvalue weighted by atomic mass is 16.3. The number of hydrogen-bond donors (Lipinski definition) is 6. The Kier molecular flexibility index (Phi) is 9.81. The summed E-state index contributed by atoms with van der Waals surface area (Å²) < 4.78 is 1.16. The van der Waals surface area contributed by atoms with Gasteiger partial charge in [0.25, 0.3) is 5.56 Å². The molecule has 7 N–H and O–H groups in total. The van der Waals surface area contributed by atoms with Crippen molar-refractivity contribution in [2.24, 2.45) is 5.73 Å². The molecule has 11 heteroatoms. The van der Waals surface area contributed by atoms with Crippen molar-refractivity contribution >= 4 is 29.7 Å². The number of hydrogen-bond acceptors (Lipinski definition) is 6. The Morgan fingerprint density at radius 2 is 1.91 bits per heavy atom. The lowest BCUT2D eigenvalue weighted by atomic mass is 10.0. The number of nitrogens with two attached hydrogens (primary N) is 1. The van der Waals surface area contributed by atoms with Gasteiger partial charge in [0.15, 0.2) is 5.96 Å². The number of amides is 2. The number of guanidine groups is 1. The fourth-order valence-electron chi connectivity index (χ4n) is 3.37. The molecule has 0 aliphatic heterocycles. The fourth-order valence-corrected chi connectivity index (χ4v) is 3.37. The van der Waals surface area contributed by atoms with E-state index >= 15 is 0 Å². The van der Waals surface area contributed by atoms with Crippen LogP contribution in [0.15, 0.2) is 41.3 Å². The lowest BCUT2D eigenvalue weighted by Crippen LogP contribution is -2.40. The molecular formula is C23H30N6O5. The van der Waals surface area contributed by atoms with Crippen molar-refractivity contribution in [2.75, 3.05) is 11.9 Å². The van der Waals surface area contributed by atoms with Gasteiger partial charge in [0.1, 0.15) is 24.3 Å². The number of aryl methyl sites for hydroxylation is 2. The van der Waals surface area contributed by atoms with Crippen molar-refractivity contribution in [3.63, 3.8) is 0 Å². The number of carbonyl (C=O) groups excluding carboxylic acids is 3. The SMILES string of the molecule is CC(=O)Nc1c(CCc2ccccc2O)ccn(CC(=O)N[C@H](C=O)CCCNC(=N)N)c1=O. The second-order valence-corrected chi connectivity index (χ2v) is 7.75. The van der Waals surface area contributed by atoms with Crippen LogP contribution in [0.4, 0.5) is 5.69 Å². The van der Waals surface area contributed by atoms with Crippen LogP contribution in [0, 0.1) is 5.41 Å². The third-order valence-corrected chi connectivity index (χ3v) is 5.04. The van der Waals surface area contributed by atoms with Crippen molar-refractivity contribution in [1.82, 2.24) is 15.2 Å². The van der Waals surface area contributed by atoms with Gasteiger partial charge in [-0.3, -0.25) is 19.8 Å². The molecule has 0 unspecified atom stereocenters. The van der Waals surface area contributed by atoms with Gasteiger partial charge < -0.3 is 36.2 Å². The number of pyridine rings is 1. The van der Waals surface area contributed by atoms with E-state index in [2.05, 4.69) is 16.0 Å². The number of phenolic OH excluding ortho intramolecular Hbond substituents is 1. The van der Waals surface area contributed by atoms with Gasteiger partial charge in [-0.05, 0) is 48.9 Å².